The Hall–Kier alpha value is -2.44. The number of nitrogens with one attached hydrogen (secondary N) is 1. The van der Waals surface area contributed by atoms with Crippen molar-refractivity contribution in [1.82, 2.24) is 5.32 Å². The minimum atomic E-state index is -1.14. The quantitative estimate of drug-likeness (QED) is 0.826. The third-order valence-corrected chi connectivity index (χ3v) is 4.65. The molecule has 26 heavy (non-hydrogen) atoms. The van der Waals surface area contributed by atoms with Crippen molar-refractivity contribution in [3.05, 3.63) is 42.5 Å². The number of hydrogen-bond acceptors (Lipinski definition) is 4. The number of rotatable bonds is 6. The van der Waals surface area contributed by atoms with Crippen molar-refractivity contribution < 1.29 is 19.4 Å². The summed E-state index contributed by atoms with van der Waals surface area (Å²) in [6.07, 6.45) is 0.168. The molecule has 0 radical (unpaired) electrons. The average Bonchev–Trinajstić information content (AvgIpc) is 3.01. The Morgan fingerprint density at radius 3 is 2.81 bits per heavy atom. The molecule has 0 spiro atoms. The Balaban J connectivity index is 1.71. The first-order chi connectivity index (χ1) is 12.4. The standard InChI is InChI=1S/C20H24N2O4/c1-20(25,13-26-2)12-21-19(24)15-10-18(23)22(11-15)17-9-5-7-14-6-3-4-8-16(14)17/h3-9,15,25H,10-13H2,1-2H3,(H,21,24). The van der Waals surface area contributed by atoms with Crippen LogP contribution in [0.3, 0.4) is 0 Å². The van der Waals surface area contributed by atoms with E-state index in [2.05, 4.69) is 5.32 Å². The fourth-order valence-corrected chi connectivity index (χ4v) is 3.34. The summed E-state index contributed by atoms with van der Waals surface area (Å²) >= 11 is 0. The van der Waals surface area contributed by atoms with Crippen LogP contribution in [-0.4, -0.2) is 49.3 Å². The van der Waals surface area contributed by atoms with E-state index in [4.69, 9.17) is 4.74 Å². The molecule has 0 aromatic heterocycles. The molecule has 0 aliphatic carbocycles. The largest absolute Gasteiger partial charge is 0.386 e. The number of benzene rings is 2. The molecule has 1 heterocycles. The van der Waals surface area contributed by atoms with Crippen LogP contribution in [-0.2, 0) is 14.3 Å². The lowest BCUT2D eigenvalue weighted by Gasteiger charge is -2.23. The number of methoxy groups -OCH3 is 1. The first-order valence-electron chi connectivity index (χ1n) is 8.68. The summed E-state index contributed by atoms with van der Waals surface area (Å²) in [6.45, 7) is 2.14. The summed E-state index contributed by atoms with van der Waals surface area (Å²) in [5.41, 5.74) is -0.308. The summed E-state index contributed by atoms with van der Waals surface area (Å²) in [4.78, 5) is 26.6. The molecular formula is C20H24N2O4. The maximum atomic E-state index is 12.5. The maximum absolute atomic E-state index is 12.5. The molecule has 2 atom stereocenters. The molecule has 2 amide bonds. The molecule has 2 N–H and O–H groups in total. The SMILES string of the molecule is COCC(C)(O)CNC(=O)C1CC(=O)N(c2cccc3ccccc23)C1. The smallest absolute Gasteiger partial charge is 0.227 e. The lowest BCUT2D eigenvalue weighted by atomic mass is 10.1. The van der Waals surface area contributed by atoms with Gasteiger partial charge in [0.2, 0.25) is 11.8 Å². The second-order valence-electron chi connectivity index (χ2n) is 7.05. The van der Waals surface area contributed by atoms with Gasteiger partial charge >= 0.3 is 0 Å². The molecule has 1 saturated heterocycles. The number of fused-ring (bicyclic) bond motifs is 1. The van der Waals surface area contributed by atoms with E-state index in [1.165, 1.54) is 7.11 Å². The highest BCUT2D eigenvalue weighted by molar-refractivity contribution is 6.06. The first-order valence-corrected chi connectivity index (χ1v) is 8.68. The molecule has 1 aliphatic rings. The number of amides is 2. The van der Waals surface area contributed by atoms with Gasteiger partial charge in [0.25, 0.3) is 0 Å². The van der Waals surface area contributed by atoms with Crippen LogP contribution in [0.15, 0.2) is 42.5 Å². The molecular weight excluding hydrogens is 332 g/mol. The monoisotopic (exact) mass is 356 g/mol. The van der Waals surface area contributed by atoms with Gasteiger partial charge in [0.05, 0.1) is 18.2 Å². The molecule has 6 nitrogen and oxygen atoms in total. The molecule has 2 aromatic carbocycles. The van der Waals surface area contributed by atoms with Crippen molar-refractivity contribution in [2.45, 2.75) is 18.9 Å². The van der Waals surface area contributed by atoms with Crippen LogP contribution in [0, 0.1) is 5.92 Å². The van der Waals surface area contributed by atoms with Crippen molar-refractivity contribution in [2.24, 2.45) is 5.92 Å². The predicted octanol–water partition coefficient (Wildman–Crippen LogP) is 1.71. The van der Waals surface area contributed by atoms with Gasteiger partial charge in [0, 0.05) is 32.0 Å². The lowest BCUT2D eigenvalue weighted by molar-refractivity contribution is -0.127. The minimum Gasteiger partial charge on any atom is -0.386 e. The highest BCUT2D eigenvalue weighted by Gasteiger charge is 2.36. The van der Waals surface area contributed by atoms with Crippen LogP contribution >= 0.6 is 0 Å². The third kappa shape index (κ3) is 3.86. The van der Waals surface area contributed by atoms with E-state index >= 15 is 0 Å². The molecule has 1 aliphatic heterocycles. The molecule has 1 fully saturated rings. The lowest BCUT2D eigenvalue weighted by Crippen LogP contribution is -2.45. The predicted molar refractivity (Wildman–Crippen MR) is 99.9 cm³/mol. The zero-order chi connectivity index (χ0) is 18.7. The summed E-state index contributed by atoms with van der Waals surface area (Å²) < 4.78 is 4.93. The molecule has 2 aromatic rings. The Labute approximate surface area is 152 Å². The zero-order valence-electron chi connectivity index (χ0n) is 15.1. The molecule has 6 heteroatoms. The number of ether oxygens (including phenoxy) is 1. The van der Waals surface area contributed by atoms with Crippen molar-refractivity contribution in [3.8, 4) is 0 Å². The Morgan fingerprint density at radius 2 is 2.04 bits per heavy atom. The van der Waals surface area contributed by atoms with Gasteiger partial charge < -0.3 is 20.1 Å². The number of hydrogen-bond donors (Lipinski definition) is 2. The fourth-order valence-electron chi connectivity index (χ4n) is 3.34. The van der Waals surface area contributed by atoms with Crippen LogP contribution in [0.5, 0.6) is 0 Å². The number of aliphatic hydroxyl groups is 1. The van der Waals surface area contributed by atoms with Gasteiger partial charge in [-0.25, -0.2) is 0 Å². The Kier molecular flexibility index (Phi) is 5.25. The minimum absolute atomic E-state index is 0.0647. The zero-order valence-corrected chi connectivity index (χ0v) is 15.1. The first kappa shape index (κ1) is 18.4. The summed E-state index contributed by atoms with van der Waals surface area (Å²) in [7, 11) is 1.49. The number of carbonyl (C=O) groups excluding carboxylic acids is 2. The van der Waals surface area contributed by atoms with E-state index in [-0.39, 0.29) is 31.4 Å². The number of carbonyl (C=O) groups is 2. The Morgan fingerprint density at radius 1 is 1.31 bits per heavy atom. The van der Waals surface area contributed by atoms with Gasteiger partial charge in [0.15, 0.2) is 0 Å². The average molecular weight is 356 g/mol. The van der Waals surface area contributed by atoms with Crippen LogP contribution < -0.4 is 10.2 Å². The van der Waals surface area contributed by atoms with E-state index in [0.717, 1.165) is 16.5 Å². The molecule has 2 unspecified atom stereocenters. The maximum Gasteiger partial charge on any atom is 0.227 e. The fraction of sp³-hybridized carbons (Fsp3) is 0.400. The summed E-state index contributed by atoms with van der Waals surface area (Å²) in [6, 6.07) is 13.7. The van der Waals surface area contributed by atoms with Gasteiger partial charge in [-0.2, -0.15) is 0 Å². The van der Waals surface area contributed by atoms with Gasteiger partial charge in [-0.15, -0.1) is 0 Å². The van der Waals surface area contributed by atoms with Crippen LogP contribution in [0.1, 0.15) is 13.3 Å². The molecule has 0 saturated carbocycles. The van der Waals surface area contributed by atoms with E-state index in [1.54, 1.807) is 11.8 Å². The van der Waals surface area contributed by atoms with Crippen LogP contribution in [0.2, 0.25) is 0 Å². The van der Waals surface area contributed by atoms with E-state index < -0.39 is 11.5 Å². The number of nitrogens with zero attached hydrogens (tertiary/aromatic N) is 1. The molecule has 3 rings (SSSR count). The van der Waals surface area contributed by atoms with Gasteiger partial charge in [-0.05, 0) is 18.4 Å². The number of anilines is 1. The summed E-state index contributed by atoms with van der Waals surface area (Å²) in [5, 5.41) is 14.9. The van der Waals surface area contributed by atoms with E-state index in [0.29, 0.717) is 6.54 Å². The highest BCUT2D eigenvalue weighted by atomic mass is 16.5. The second kappa shape index (κ2) is 7.43. The highest BCUT2D eigenvalue weighted by Crippen LogP contribution is 2.31. The third-order valence-electron chi connectivity index (χ3n) is 4.65. The van der Waals surface area contributed by atoms with Gasteiger partial charge in [0.1, 0.15) is 5.60 Å². The van der Waals surface area contributed by atoms with Crippen LogP contribution in [0.4, 0.5) is 5.69 Å². The van der Waals surface area contributed by atoms with Gasteiger partial charge in [-0.1, -0.05) is 36.4 Å². The van der Waals surface area contributed by atoms with Crippen molar-refractivity contribution in [1.29, 1.82) is 0 Å². The van der Waals surface area contributed by atoms with Crippen LogP contribution in [0.25, 0.3) is 10.8 Å². The molecule has 0 bridgehead atoms. The molecule has 138 valence electrons. The van der Waals surface area contributed by atoms with Crippen molar-refractivity contribution in [3.63, 3.8) is 0 Å². The Bertz CT molecular complexity index is 813. The summed E-state index contributed by atoms with van der Waals surface area (Å²) in [5.74, 6) is -0.720. The van der Waals surface area contributed by atoms with Crippen molar-refractivity contribution >= 4 is 28.3 Å². The van der Waals surface area contributed by atoms with Crippen molar-refractivity contribution in [2.75, 3.05) is 31.7 Å². The second-order valence-corrected chi connectivity index (χ2v) is 7.05. The van der Waals surface area contributed by atoms with E-state index in [9.17, 15) is 14.7 Å². The normalized spacial score (nSPS) is 19.6. The van der Waals surface area contributed by atoms with Gasteiger partial charge in [-0.3, -0.25) is 9.59 Å². The topological polar surface area (TPSA) is 78.9 Å². The van der Waals surface area contributed by atoms with E-state index in [1.807, 2.05) is 42.5 Å².